The smallest absolute Gasteiger partial charge is 0.0725 e. The molecule has 2 aliphatic rings. The van der Waals surface area contributed by atoms with Crippen molar-refractivity contribution in [1.29, 1.82) is 0 Å². The molecule has 0 saturated heterocycles. The molecule has 1 aromatic heterocycles. The Morgan fingerprint density at radius 3 is 1.49 bits per heavy atom. The fraction of sp³-hybridized carbons (Fsp3) is 0.0182. The van der Waals surface area contributed by atoms with E-state index >= 15 is 0 Å². The van der Waals surface area contributed by atoms with Crippen molar-refractivity contribution < 1.29 is 0 Å². The Balaban J connectivity index is 1.05. The maximum atomic E-state index is 2.47. The summed E-state index contributed by atoms with van der Waals surface area (Å²) in [6.07, 6.45) is 0. The van der Waals surface area contributed by atoms with Gasteiger partial charge in [0.05, 0.1) is 16.4 Å². The Kier molecular flexibility index (Phi) is 6.88. The molecule has 1 spiro atoms. The molecule has 0 bridgehead atoms. The first-order chi connectivity index (χ1) is 28.3. The molecule has 9 aromatic carbocycles. The number of benzene rings is 9. The van der Waals surface area contributed by atoms with Crippen LogP contribution in [-0.2, 0) is 5.41 Å². The maximum absolute atomic E-state index is 2.47. The fourth-order valence-corrected chi connectivity index (χ4v) is 10.1. The van der Waals surface area contributed by atoms with Gasteiger partial charge in [0.25, 0.3) is 0 Å². The van der Waals surface area contributed by atoms with Crippen LogP contribution in [0.5, 0.6) is 0 Å². The van der Waals surface area contributed by atoms with Gasteiger partial charge in [0.15, 0.2) is 0 Å². The van der Waals surface area contributed by atoms with Crippen LogP contribution in [0.1, 0.15) is 22.3 Å². The van der Waals surface area contributed by atoms with E-state index in [1.54, 1.807) is 0 Å². The summed E-state index contributed by atoms with van der Waals surface area (Å²) in [5.41, 5.74) is 19.6. The quantitative estimate of drug-likeness (QED) is 0.172. The van der Waals surface area contributed by atoms with Crippen LogP contribution in [-0.4, -0.2) is 4.57 Å². The summed E-state index contributed by atoms with van der Waals surface area (Å²) in [5.74, 6) is 0. The van der Waals surface area contributed by atoms with Crippen molar-refractivity contribution in [3.05, 3.63) is 241 Å². The van der Waals surface area contributed by atoms with Crippen LogP contribution in [0, 0.1) is 0 Å². The first-order valence-corrected chi connectivity index (χ1v) is 19.8. The summed E-state index contributed by atoms with van der Waals surface area (Å²) in [6, 6.07) is 80.3. The molecule has 266 valence electrons. The third-order valence-corrected chi connectivity index (χ3v) is 12.4. The predicted octanol–water partition coefficient (Wildman–Crippen LogP) is 14.3. The molecule has 57 heavy (non-hydrogen) atoms. The van der Waals surface area contributed by atoms with E-state index in [1.165, 1.54) is 77.4 Å². The summed E-state index contributed by atoms with van der Waals surface area (Å²) in [4.78, 5) is 2.33. The second kappa shape index (κ2) is 12.3. The topological polar surface area (TPSA) is 8.17 Å². The van der Waals surface area contributed by atoms with Crippen molar-refractivity contribution in [2.45, 2.75) is 5.41 Å². The van der Waals surface area contributed by atoms with E-state index in [2.05, 4.69) is 228 Å². The Morgan fingerprint density at radius 2 is 0.825 bits per heavy atom. The van der Waals surface area contributed by atoms with Crippen molar-refractivity contribution in [3.63, 3.8) is 0 Å². The van der Waals surface area contributed by atoms with Crippen molar-refractivity contribution in [3.8, 4) is 39.1 Å². The van der Waals surface area contributed by atoms with Gasteiger partial charge in [-0.1, -0.05) is 158 Å². The average Bonchev–Trinajstić information content (AvgIpc) is 3.89. The number of hydrogen-bond donors (Lipinski definition) is 0. The largest absolute Gasteiger partial charge is 0.310 e. The van der Waals surface area contributed by atoms with E-state index in [-0.39, 0.29) is 5.41 Å². The third-order valence-electron chi connectivity index (χ3n) is 12.4. The highest BCUT2D eigenvalue weighted by Gasteiger charge is 2.51. The van der Waals surface area contributed by atoms with E-state index in [4.69, 9.17) is 0 Å². The third kappa shape index (κ3) is 4.53. The van der Waals surface area contributed by atoms with Gasteiger partial charge in [0.1, 0.15) is 0 Å². The van der Waals surface area contributed by atoms with Crippen LogP contribution in [0.15, 0.2) is 218 Å². The van der Waals surface area contributed by atoms with Gasteiger partial charge >= 0.3 is 0 Å². The SMILES string of the molecule is c1ccc(N(c2ccccc2)c2cccc(-c3ccc4c5ccccc5n(-c5ccc6c(c5)-c5ccccc5C65c6ccccc6-c6ccccc65)c4c3)c2)cc1. The number of anilines is 3. The predicted molar refractivity (Wildman–Crippen MR) is 237 cm³/mol. The summed E-state index contributed by atoms with van der Waals surface area (Å²) >= 11 is 0. The molecule has 0 fully saturated rings. The number of fused-ring (bicyclic) bond motifs is 13. The summed E-state index contributed by atoms with van der Waals surface area (Å²) in [7, 11) is 0. The minimum absolute atomic E-state index is 0.357. The van der Waals surface area contributed by atoms with Gasteiger partial charge < -0.3 is 9.47 Å². The Bertz CT molecular complexity index is 3110. The molecule has 2 nitrogen and oxygen atoms in total. The van der Waals surface area contributed by atoms with Gasteiger partial charge in [-0.15, -0.1) is 0 Å². The minimum Gasteiger partial charge on any atom is -0.310 e. The molecule has 2 heteroatoms. The molecular formula is C55H36N2. The molecule has 0 unspecified atom stereocenters. The summed E-state index contributed by atoms with van der Waals surface area (Å²) < 4.78 is 2.47. The molecule has 2 aliphatic carbocycles. The lowest BCUT2D eigenvalue weighted by Crippen LogP contribution is -2.25. The van der Waals surface area contributed by atoms with Crippen LogP contribution >= 0.6 is 0 Å². The van der Waals surface area contributed by atoms with Gasteiger partial charge in [0.2, 0.25) is 0 Å². The van der Waals surface area contributed by atoms with Gasteiger partial charge in [-0.25, -0.2) is 0 Å². The molecule has 0 amide bonds. The summed E-state index contributed by atoms with van der Waals surface area (Å²) in [5, 5.41) is 2.50. The number of hydrogen-bond acceptors (Lipinski definition) is 1. The van der Waals surface area contributed by atoms with Gasteiger partial charge in [-0.2, -0.15) is 0 Å². The number of aromatic nitrogens is 1. The molecular weight excluding hydrogens is 689 g/mol. The van der Waals surface area contributed by atoms with Crippen molar-refractivity contribution in [2.75, 3.05) is 4.90 Å². The van der Waals surface area contributed by atoms with Crippen molar-refractivity contribution >= 4 is 38.9 Å². The zero-order valence-corrected chi connectivity index (χ0v) is 31.2. The molecule has 0 saturated carbocycles. The number of nitrogens with zero attached hydrogens (tertiary/aromatic N) is 2. The zero-order valence-electron chi connectivity index (χ0n) is 31.2. The monoisotopic (exact) mass is 724 g/mol. The normalized spacial score (nSPS) is 13.1. The van der Waals surface area contributed by atoms with Crippen LogP contribution in [0.4, 0.5) is 17.1 Å². The van der Waals surface area contributed by atoms with Crippen LogP contribution < -0.4 is 4.90 Å². The molecule has 0 aliphatic heterocycles. The average molecular weight is 725 g/mol. The second-order valence-corrected chi connectivity index (χ2v) is 15.3. The minimum atomic E-state index is -0.357. The molecule has 0 N–H and O–H groups in total. The van der Waals surface area contributed by atoms with E-state index in [0.717, 1.165) is 22.7 Å². The van der Waals surface area contributed by atoms with E-state index in [9.17, 15) is 0 Å². The first-order valence-electron chi connectivity index (χ1n) is 19.8. The molecule has 0 atom stereocenters. The summed E-state index contributed by atoms with van der Waals surface area (Å²) in [6.45, 7) is 0. The van der Waals surface area contributed by atoms with E-state index in [1.807, 2.05) is 0 Å². The van der Waals surface area contributed by atoms with Gasteiger partial charge in [0, 0.05) is 33.5 Å². The highest BCUT2D eigenvalue weighted by atomic mass is 15.1. The Hall–Kier alpha value is -7.42. The second-order valence-electron chi connectivity index (χ2n) is 15.3. The zero-order chi connectivity index (χ0) is 37.5. The van der Waals surface area contributed by atoms with Crippen molar-refractivity contribution in [2.24, 2.45) is 0 Å². The van der Waals surface area contributed by atoms with Gasteiger partial charge in [-0.3, -0.25) is 0 Å². The first kappa shape index (κ1) is 31.9. The van der Waals surface area contributed by atoms with Crippen LogP contribution in [0.2, 0.25) is 0 Å². The van der Waals surface area contributed by atoms with Gasteiger partial charge in [-0.05, 0) is 116 Å². The standard InChI is InChI=1S/C55H36N2/c1-3-17-39(18-4-1)56(40-19-5-2-6-20-40)41-21-15-16-37(34-41)38-30-32-47-46-25-10-14-29-53(46)57(54(47)35-38)42-31-33-52-48(36-42)45-24-9-13-28-51(45)55(52)49-26-11-7-22-43(49)44-23-8-12-27-50(44)55/h1-36H. The number of rotatable bonds is 5. The van der Waals surface area contributed by atoms with E-state index < -0.39 is 0 Å². The lowest BCUT2D eigenvalue weighted by atomic mass is 9.70. The molecule has 12 rings (SSSR count). The van der Waals surface area contributed by atoms with Crippen LogP contribution in [0.25, 0.3) is 60.9 Å². The lowest BCUT2D eigenvalue weighted by molar-refractivity contribution is 0.793. The van der Waals surface area contributed by atoms with Crippen molar-refractivity contribution in [1.82, 2.24) is 4.57 Å². The Morgan fingerprint density at radius 1 is 0.316 bits per heavy atom. The van der Waals surface area contributed by atoms with E-state index in [0.29, 0.717) is 0 Å². The fourth-order valence-electron chi connectivity index (χ4n) is 10.1. The van der Waals surface area contributed by atoms with Crippen LogP contribution in [0.3, 0.4) is 0 Å². The number of para-hydroxylation sites is 3. The molecule has 10 aromatic rings. The highest BCUT2D eigenvalue weighted by Crippen LogP contribution is 2.63. The molecule has 1 heterocycles. The lowest BCUT2D eigenvalue weighted by Gasteiger charge is -2.30. The Labute approximate surface area is 332 Å². The maximum Gasteiger partial charge on any atom is 0.0725 e. The molecule has 0 radical (unpaired) electrons. The highest BCUT2D eigenvalue weighted by molar-refractivity contribution is 6.10.